The van der Waals surface area contributed by atoms with Crippen LogP contribution in [0.3, 0.4) is 0 Å². The van der Waals surface area contributed by atoms with E-state index in [0.29, 0.717) is 25.6 Å². The Morgan fingerprint density at radius 3 is 2.92 bits per heavy atom. The number of aliphatic hydroxyl groups is 1. The molecule has 134 valence electrons. The van der Waals surface area contributed by atoms with Gasteiger partial charge in [-0.05, 0) is 18.1 Å². The summed E-state index contributed by atoms with van der Waals surface area (Å²) < 4.78 is 1.75. The van der Waals surface area contributed by atoms with E-state index < -0.39 is 0 Å². The average molecular weight is 343 g/mol. The summed E-state index contributed by atoms with van der Waals surface area (Å²) in [6.07, 6.45) is 1.89. The zero-order chi connectivity index (χ0) is 17.8. The van der Waals surface area contributed by atoms with Crippen molar-refractivity contribution in [2.75, 3.05) is 24.6 Å². The van der Waals surface area contributed by atoms with Gasteiger partial charge in [0.2, 0.25) is 0 Å². The van der Waals surface area contributed by atoms with Crippen LogP contribution in [0.2, 0.25) is 0 Å². The quantitative estimate of drug-likeness (QED) is 0.806. The molecule has 2 N–H and O–H groups in total. The van der Waals surface area contributed by atoms with Gasteiger partial charge in [0, 0.05) is 30.8 Å². The van der Waals surface area contributed by atoms with Crippen LogP contribution in [0.25, 0.3) is 11.4 Å². The van der Waals surface area contributed by atoms with Crippen LogP contribution in [-0.2, 0) is 13.0 Å². The summed E-state index contributed by atoms with van der Waals surface area (Å²) in [5, 5.41) is 16.7. The minimum atomic E-state index is -0.0774. The number of hydrogen-bond donors (Lipinski definition) is 2. The van der Waals surface area contributed by atoms with Gasteiger partial charge >= 0.3 is 6.03 Å². The Labute approximate surface area is 147 Å². The summed E-state index contributed by atoms with van der Waals surface area (Å²) in [5.74, 6) is 2.04. The SMILES string of the molecule is CCC(C)Cc1nc(-c2cccc(N3CCNC3=O)c2)n(CCO)n1. The lowest BCUT2D eigenvalue weighted by Crippen LogP contribution is -2.27. The van der Waals surface area contributed by atoms with Gasteiger partial charge in [0.1, 0.15) is 0 Å². The standard InChI is InChI=1S/C18H25N5O2/c1-3-13(2)11-16-20-17(23(21-16)9-10-24)14-5-4-6-15(12-14)22-8-7-19-18(22)25/h4-6,12-13,24H,3,7-11H2,1-2H3,(H,19,25). The molecule has 2 aromatic rings. The van der Waals surface area contributed by atoms with Crippen LogP contribution in [-0.4, -0.2) is 45.6 Å². The highest BCUT2D eigenvalue weighted by atomic mass is 16.3. The van der Waals surface area contributed by atoms with E-state index in [-0.39, 0.29) is 12.6 Å². The first-order chi connectivity index (χ1) is 12.1. The molecular formula is C18H25N5O2. The van der Waals surface area contributed by atoms with E-state index in [9.17, 15) is 9.90 Å². The number of amides is 2. The van der Waals surface area contributed by atoms with Crippen molar-refractivity contribution >= 4 is 11.7 Å². The summed E-state index contributed by atoms with van der Waals surface area (Å²) in [7, 11) is 0. The first kappa shape index (κ1) is 17.4. The smallest absolute Gasteiger partial charge is 0.321 e. The molecule has 2 amide bonds. The van der Waals surface area contributed by atoms with Crippen molar-refractivity contribution in [1.29, 1.82) is 0 Å². The number of nitrogens with one attached hydrogen (secondary N) is 1. The number of benzene rings is 1. The third-order valence-corrected chi connectivity index (χ3v) is 4.53. The highest BCUT2D eigenvalue weighted by molar-refractivity contribution is 5.94. The first-order valence-corrected chi connectivity index (χ1v) is 8.82. The maximum absolute atomic E-state index is 11.9. The predicted octanol–water partition coefficient (Wildman–Crippen LogP) is 2.06. The Hall–Kier alpha value is -2.41. The van der Waals surface area contributed by atoms with Gasteiger partial charge < -0.3 is 10.4 Å². The highest BCUT2D eigenvalue weighted by Gasteiger charge is 2.22. The van der Waals surface area contributed by atoms with E-state index in [1.807, 2.05) is 24.3 Å². The van der Waals surface area contributed by atoms with Crippen molar-refractivity contribution in [3.8, 4) is 11.4 Å². The summed E-state index contributed by atoms with van der Waals surface area (Å²) in [6, 6.07) is 7.67. The number of anilines is 1. The molecule has 7 heteroatoms. The fraction of sp³-hybridized carbons (Fsp3) is 0.500. The third kappa shape index (κ3) is 3.82. The summed E-state index contributed by atoms with van der Waals surface area (Å²) >= 11 is 0. The maximum atomic E-state index is 11.9. The zero-order valence-electron chi connectivity index (χ0n) is 14.8. The molecule has 1 atom stereocenters. The van der Waals surface area contributed by atoms with Crippen LogP contribution >= 0.6 is 0 Å². The molecule has 7 nitrogen and oxygen atoms in total. The molecule has 25 heavy (non-hydrogen) atoms. The van der Waals surface area contributed by atoms with Gasteiger partial charge in [-0.15, -0.1) is 0 Å². The number of aromatic nitrogens is 3. The maximum Gasteiger partial charge on any atom is 0.321 e. The van der Waals surface area contributed by atoms with E-state index in [1.165, 1.54) is 0 Å². The lowest BCUT2D eigenvalue weighted by atomic mass is 10.1. The van der Waals surface area contributed by atoms with Gasteiger partial charge in [-0.1, -0.05) is 32.4 Å². The number of aliphatic hydroxyl groups excluding tert-OH is 1. The van der Waals surface area contributed by atoms with E-state index in [1.54, 1.807) is 9.58 Å². The predicted molar refractivity (Wildman–Crippen MR) is 96.4 cm³/mol. The molecule has 1 aliphatic heterocycles. The zero-order valence-corrected chi connectivity index (χ0v) is 14.8. The molecule has 2 heterocycles. The Morgan fingerprint density at radius 2 is 2.24 bits per heavy atom. The molecule has 1 unspecified atom stereocenters. The number of hydrogen-bond acceptors (Lipinski definition) is 4. The van der Waals surface area contributed by atoms with E-state index in [0.717, 1.165) is 35.7 Å². The van der Waals surface area contributed by atoms with Gasteiger partial charge in [-0.25, -0.2) is 14.5 Å². The highest BCUT2D eigenvalue weighted by Crippen LogP contribution is 2.25. The van der Waals surface area contributed by atoms with Gasteiger partial charge in [0.05, 0.1) is 13.2 Å². The Balaban J connectivity index is 1.93. The molecule has 1 aromatic carbocycles. The largest absolute Gasteiger partial charge is 0.394 e. The third-order valence-electron chi connectivity index (χ3n) is 4.53. The summed E-state index contributed by atoms with van der Waals surface area (Å²) in [5.41, 5.74) is 1.74. The van der Waals surface area contributed by atoms with Gasteiger partial charge in [0.25, 0.3) is 0 Å². The number of carbonyl (C=O) groups excluding carboxylic acids is 1. The Kier molecular flexibility index (Phi) is 5.33. The van der Waals surface area contributed by atoms with E-state index in [4.69, 9.17) is 4.98 Å². The van der Waals surface area contributed by atoms with Crippen LogP contribution < -0.4 is 10.2 Å². The van der Waals surface area contributed by atoms with Crippen LogP contribution in [0.4, 0.5) is 10.5 Å². The minimum Gasteiger partial charge on any atom is -0.394 e. The second kappa shape index (κ2) is 7.65. The minimum absolute atomic E-state index is 0.00729. The molecule has 0 radical (unpaired) electrons. The number of carbonyl (C=O) groups is 1. The van der Waals surface area contributed by atoms with Crippen LogP contribution in [0.5, 0.6) is 0 Å². The summed E-state index contributed by atoms with van der Waals surface area (Å²) in [6.45, 7) is 6.05. The number of urea groups is 1. The molecule has 0 aliphatic carbocycles. The molecule has 1 aliphatic rings. The van der Waals surface area contributed by atoms with Crippen molar-refractivity contribution in [2.45, 2.75) is 33.2 Å². The van der Waals surface area contributed by atoms with Crippen molar-refractivity contribution in [3.05, 3.63) is 30.1 Å². The van der Waals surface area contributed by atoms with Gasteiger partial charge in [-0.3, -0.25) is 4.90 Å². The molecular weight excluding hydrogens is 318 g/mol. The summed E-state index contributed by atoms with van der Waals surface area (Å²) in [4.78, 5) is 18.3. The fourth-order valence-corrected chi connectivity index (χ4v) is 2.93. The van der Waals surface area contributed by atoms with Gasteiger partial charge in [-0.2, -0.15) is 5.10 Å². The molecule has 1 saturated heterocycles. The Bertz CT molecular complexity index is 743. The molecule has 3 rings (SSSR count). The van der Waals surface area contributed by atoms with Crippen LogP contribution in [0.1, 0.15) is 26.1 Å². The van der Waals surface area contributed by atoms with Crippen molar-refractivity contribution < 1.29 is 9.90 Å². The lowest BCUT2D eigenvalue weighted by molar-refractivity contribution is 0.252. The monoisotopic (exact) mass is 343 g/mol. The van der Waals surface area contributed by atoms with E-state index >= 15 is 0 Å². The molecule has 0 saturated carbocycles. The van der Waals surface area contributed by atoms with Crippen LogP contribution in [0.15, 0.2) is 24.3 Å². The molecule has 0 spiro atoms. The van der Waals surface area contributed by atoms with Crippen molar-refractivity contribution in [3.63, 3.8) is 0 Å². The molecule has 1 fully saturated rings. The number of nitrogens with zero attached hydrogens (tertiary/aromatic N) is 4. The van der Waals surface area contributed by atoms with Gasteiger partial charge in [0.15, 0.2) is 11.6 Å². The van der Waals surface area contributed by atoms with E-state index in [2.05, 4.69) is 24.3 Å². The number of rotatable bonds is 7. The molecule has 1 aromatic heterocycles. The normalized spacial score (nSPS) is 15.5. The first-order valence-electron chi connectivity index (χ1n) is 8.82. The topological polar surface area (TPSA) is 83.3 Å². The fourth-order valence-electron chi connectivity index (χ4n) is 2.93. The second-order valence-corrected chi connectivity index (χ2v) is 6.45. The van der Waals surface area contributed by atoms with Crippen LogP contribution in [0, 0.1) is 5.92 Å². The second-order valence-electron chi connectivity index (χ2n) is 6.45. The van der Waals surface area contributed by atoms with Crippen molar-refractivity contribution in [1.82, 2.24) is 20.1 Å². The Morgan fingerprint density at radius 1 is 1.40 bits per heavy atom. The van der Waals surface area contributed by atoms with Crippen molar-refractivity contribution in [2.24, 2.45) is 5.92 Å². The molecule has 0 bridgehead atoms. The lowest BCUT2D eigenvalue weighted by Gasteiger charge is -2.15. The average Bonchev–Trinajstić information content (AvgIpc) is 3.21.